The van der Waals surface area contributed by atoms with E-state index in [-0.39, 0.29) is 0 Å². The van der Waals surface area contributed by atoms with Gasteiger partial charge in [-0.15, -0.1) is 0 Å². The number of aromatic nitrogens is 2. The standard InChI is InChI=1S/C25H30BFN2/c1-4-7-10-18(5-2)20-13-14-22-23(15-20)29(25(6-3)28-22)17-21-12-9-8-11-19(21)16-24(26)27/h5,7-15,24H,4,6,16-17,26H2,1-3H3/b10-7-,18-5+. The Morgan fingerprint density at radius 2 is 1.93 bits per heavy atom. The van der Waals surface area contributed by atoms with E-state index in [9.17, 15) is 4.39 Å². The van der Waals surface area contributed by atoms with Crippen LogP contribution in [0.2, 0.25) is 0 Å². The Labute approximate surface area is 174 Å². The van der Waals surface area contributed by atoms with Gasteiger partial charge in [-0.25, -0.2) is 4.98 Å². The second kappa shape index (κ2) is 9.73. The molecule has 1 heterocycles. The minimum atomic E-state index is -0.851. The Bertz CT molecular complexity index is 1030. The number of hydrogen-bond donors (Lipinski definition) is 0. The minimum Gasteiger partial charge on any atom is -0.323 e. The lowest BCUT2D eigenvalue weighted by Crippen LogP contribution is -2.10. The summed E-state index contributed by atoms with van der Waals surface area (Å²) >= 11 is 0. The van der Waals surface area contributed by atoms with Gasteiger partial charge >= 0.3 is 0 Å². The van der Waals surface area contributed by atoms with Gasteiger partial charge in [-0.05, 0) is 54.2 Å². The highest BCUT2D eigenvalue weighted by Gasteiger charge is 2.14. The van der Waals surface area contributed by atoms with Crippen molar-refractivity contribution in [3.63, 3.8) is 0 Å². The molecule has 3 aromatic rings. The van der Waals surface area contributed by atoms with Gasteiger partial charge in [0.15, 0.2) is 0 Å². The highest BCUT2D eigenvalue weighted by molar-refractivity contribution is 6.11. The van der Waals surface area contributed by atoms with E-state index in [1.165, 1.54) is 11.1 Å². The molecular weight excluding hydrogens is 358 g/mol. The first-order valence-corrected chi connectivity index (χ1v) is 10.6. The number of fused-ring (bicyclic) bond motifs is 1. The van der Waals surface area contributed by atoms with Gasteiger partial charge in [0.25, 0.3) is 0 Å². The van der Waals surface area contributed by atoms with E-state index in [0.717, 1.165) is 40.8 Å². The third-order valence-electron chi connectivity index (χ3n) is 5.27. The summed E-state index contributed by atoms with van der Waals surface area (Å²) in [7, 11) is 1.62. The van der Waals surface area contributed by atoms with Crippen LogP contribution in [0.5, 0.6) is 0 Å². The van der Waals surface area contributed by atoms with Crippen molar-refractivity contribution < 1.29 is 4.39 Å². The van der Waals surface area contributed by atoms with Crippen LogP contribution < -0.4 is 0 Å². The first-order valence-electron chi connectivity index (χ1n) is 10.6. The van der Waals surface area contributed by atoms with Gasteiger partial charge in [-0.1, -0.05) is 62.4 Å². The number of aryl methyl sites for hydroxylation is 1. The summed E-state index contributed by atoms with van der Waals surface area (Å²) in [6, 6.07) is 14.7. The lowest BCUT2D eigenvalue weighted by Gasteiger charge is -2.14. The maximum Gasteiger partial charge on any atom is 0.146 e. The molecule has 29 heavy (non-hydrogen) atoms. The van der Waals surface area contributed by atoms with E-state index in [1.807, 2.05) is 18.2 Å². The largest absolute Gasteiger partial charge is 0.323 e. The fourth-order valence-electron chi connectivity index (χ4n) is 3.79. The molecule has 1 atom stereocenters. The van der Waals surface area contributed by atoms with Crippen LogP contribution in [0.1, 0.15) is 49.7 Å². The van der Waals surface area contributed by atoms with Crippen LogP contribution in [-0.2, 0) is 19.4 Å². The topological polar surface area (TPSA) is 17.8 Å². The predicted molar refractivity (Wildman–Crippen MR) is 125 cm³/mol. The second-order valence-corrected chi connectivity index (χ2v) is 7.48. The molecule has 0 aliphatic heterocycles. The summed E-state index contributed by atoms with van der Waals surface area (Å²) < 4.78 is 16.0. The van der Waals surface area contributed by atoms with E-state index >= 15 is 0 Å². The minimum absolute atomic E-state index is 0.444. The van der Waals surface area contributed by atoms with E-state index < -0.39 is 6.07 Å². The molecular formula is C25H30BFN2. The molecule has 0 radical (unpaired) electrons. The molecule has 0 spiro atoms. The van der Waals surface area contributed by atoms with Gasteiger partial charge in [0.05, 0.1) is 17.1 Å². The quantitative estimate of drug-likeness (QED) is 0.369. The molecule has 0 amide bonds. The van der Waals surface area contributed by atoms with Gasteiger partial charge in [0.1, 0.15) is 13.7 Å². The predicted octanol–water partition coefficient (Wildman–Crippen LogP) is 5.49. The van der Waals surface area contributed by atoms with Crippen molar-refractivity contribution in [2.75, 3.05) is 0 Å². The highest BCUT2D eigenvalue weighted by atomic mass is 19.1. The molecule has 4 heteroatoms. The lowest BCUT2D eigenvalue weighted by molar-refractivity contribution is 0.440. The molecule has 0 saturated heterocycles. The molecule has 2 aromatic carbocycles. The smallest absolute Gasteiger partial charge is 0.146 e. The Balaban J connectivity index is 2.07. The molecule has 0 aliphatic carbocycles. The van der Waals surface area contributed by atoms with Crippen molar-refractivity contribution in [1.82, 2.24) is 9.55 Å². The van der Waals surface area contributed by atoms with Crippen LogP contribution in [0, 0.1) is 0 Å². The Morgan fingerprint density at radius 1 is 1.17 bits per heavy atom. The Hall–Kier alpha value is -2.62. The maximum atomic E-state index is 13.7. The zero-order valence-electron chi connectivity index (χ0n) is 18.0. The van der Waals surface area contributed by atoms with Crippen LogP contribution in [0.25, 0.3) is 16.6 Å². The van der Waals surface area contributed by atoms with Crippen molar-refractivity contribution in [1.29, 1.82) is 0 Å². The summed E-state index contributed by atoms with van der Waals surface area (Å²) in [5.74, 6) is 1.06. The van der Waals surface area contributed by atoms with Crippen molar-refractivity contribution >= 4 is 24.5 Å². The Kier molecular flexibility index (Phi) is 7.08. The summed E-state index contributed by atoms with van der Waals surface area (Å²) in [5, 5.41) is 0. The molecule has 0 bridgehead atoms. The van der Waals surface area contributed by atoms with Gasteiger partial charge in [-0.2, -0.15) is 0 Å². The van der Waals surface area contributed by atoms with E-state index in [4.69, 9.17) is 4.98 Å². The summed E-state index contributed by atoms with van der Waals surface area (Å²) in [6.07, 6.45) is 7.98. The molecule has 1 unspecified atom stereocenters. The van der Waals surface area contributed by atoms with Gasteiger partial charge in [0.2, 0.25) is 0 Å². The van der Waals surface area contributed by atoms with Crippen LogP contribution in [0.15, 0.2) is 60.7 Å². The number of alkyl halides is 1. The molecule has 1 aromatic heterocycles. The third-order valence-corrected chi connectivity index (χ3v) is 5.27. The zero-order chi connectivity index (χ0) is 20.8. The molecule has 150 valence electrons. The van der Waals surface area contributed by atoms with Crippen molar-refractivity contribution in [3.8, 4) is 0 Å². The van der Waals surface area contributed by atoms with Crippen molar-refractivity contribution in [3.05, 3.63) is 83.2 Å². The normalized spacial score (nSPS) is 13.4. The molecule has 0 aliphatic rings. The molecule has 0 N–H and O–H groups in total. The fraction of sp³-hybridized carbons (Fsp3) is 0.320. The number of halogens is 1. The maximum absolute atomic E-state index is 13.7. The SMILES string of the molecule is BC(F)Cc1ccccc1Cn1c(CC)nc2ccc(C(/C=C\CC)=C/C)cc21. The van der Waals surface area contributed by atoms with Crippen molar-refractivity contribution in [2.45, 2.75) is 52.6 Å². The fourth-order valence-corrected chi connectivity index (χ4v) is 3.79. The average molecular weight is 388 g/mol. The number of benzene rings is 2. The number of nitrogens with zero attached hydrogens (tertiary/aromatic N) is 2. The van der Waals surface area contributed by atoms with Crippen LogP contribution in [0.3, 0.4) is 0 Å². The first kappa shape index (κ1) is 21.1. The van der Waals surface area contributed by atoms with Crippen molar-refractivity contribution in [2.24, 2.45) is 0 Å². The Morgan fingerprint density at radius 3 is 2.59 bits per heavy atom. The van der Waals surface area contributed by atoms with E-state index in [1.54, 1.807) is 7.85 Å². The van der Waals surface area contributed by atoms with Crippen LogP contribution in [0.4, 0.5) is 4.39 Å². The number of allylic oxidation sites excluding steroid dienone is 4. The summed E-state index contributed by atoms with van der Waals surface area (Å²) in [6.45, 7) is 7.06. The third kappa shape index (κ3) is 4.87. The lowest BCUT2D eigenvalue weighted by atomic mass is 9.92. The number of imidazole rings is 1. The van der Waals surface area contributed by atoms with Gasteiger partial charge in [0, 0.05) is 13.0 Å². The molecule has 2 nitrogen and oxygen atoms in total. The number of rotatable bonds is 8. The summed E-state index contributed by atoms with van der Waals surface area (Å²) in [5.41, 5.74) is 6.78. The van der Waals surface area contributed by atoms with E-state index in [2.05, 4.69) is 67.8 Å². The average Bonchev–Trinajstić information content (AvgIpc) is 3.06. The first-order chi connectivity index (χ1) is 14.1. The van der Waals surface area contributed by atoms with Gasteiger partial charge < -0.3 is 4.57 Å². The van der Waals surface area contributed by atoms with E-state index in [0.29, 0.717) is 13.0 Å². The monoisotopic (exact) mass is 388 g/mol. The molecule has 0 fully saturated rings. The highest BCUT2D eigenvalue weighted by Crippen LogP contribution is 2.25. The number of hydrogen-bond acceptors (Lipinski definition) is 1. The van der Waals surface area contributed by atoms with Crippen LogP contribution in [-0.4, -0.2) is 23.5 Å². The summed E-state index contributed by atoms with van der Waals surface area (Å²) in [4.78, 5) is 4.86. The zero-order valence-corrected chi connectivity index (χ0v) is 18.0. The van der Waals surface area contributed by atoms with Crippen LogP contribution >= 0.6 is 0 Å². The molecule has 0 saturated carbocycles. The van der Waals surface area contributed by atoms with Gasteiger partial charge in [-0.3, -0.25) is 4.39 Å². The molecule has 3 rings (SSSR count). The second-order valence-electron chi connectivity index (χ2n) is 7.48.